The van der Waals surface area contributed by atoms with Gasteiger partial charge in [0.2, 0.25) is 0 Å². The Bertz CT molecular complexity index is 728. The first-order valence-electron chi connectivity index (χ1n) is 8.55. The van der Waals surface area contributed by atoms with E-state index < -0.39 is 0 Å². The smallest absolute Gasteiger partial charge is 0.254 e. The number of amides is 1. The van der Waals surface area contributed by atoms with Gasteiger partial charge in [-0.25, -0.2) is 0 Å². The molecule has 2 aromatic rings. The van der Waals surface area contributed by atoms with E-state index >= 15 is 0 Å². The van der Waals surface area contributed by atoms with Gasteiger partial charge < -0.3 is 14.2 Å². The van der Waals surface area contributed by atoms with Crippen LogP contribution in [0.4, 0.5) is 0 Å². The lowest BCUT2D eigenvalue weighted by Gasteiger charge is -2.28. The lowest BCUT2D eigenvalue weighted by molar-refractivity contribution is 0.0665. The molecular formula is C18H22N4O2. The highest BCUT2D eigenvalue weighted by atomic mass is 16.5. The fourth-order valence-electron chi connectivity index (χ4n) is 3.94. The Hall–Kier alpha value is -2.21. The average molecular weight is 326 g/mol. The number of benzene rings is 1. The van der Waals surface area contributed by atoms with Crippen LogP contribution >= 0.6 is 0 Å². The second kappa shape index (κ2) is 6.36. The molecule has 2 aliphatic heterocycles. The van der Waals surface area contributed by atoms with Gasteiger partial charge in [-0.15, -0.1) is 10.2 Å². The van der Waals surface area contributed by atoms with Crippen molar-refractivity contribution in [2.45, 2.75) is 44.3 Å². The molecule has 4 rings (SSSR count). The summed E-state index contributed by atoms with van der Waals surface area (Å²) in [5, 5.41) is 8.71. The molecule has 1 fully saturated rings. The summed E-state index contributed by atoms with van der Waals surface area (Å²) in [5.74, 6) is 2.10. The largest absolute Gasteiger partial charge is 0.384 e. The zero-order valence-corrected chi connectivity index (χ0v) is 13.9. The molecule has 126 valence electrons. The highest BCUT2D eigenvalue weighted by Crippen LogP contribution is 2.32. The predicted octanol–water partition coefficient (Wildman–Crippen LogP) is 1.70. The van der Waals surface area contributed by atoms with Crippen molar-refractivity contribution in [1.82, 2.24) is 19.7 Å². The van der Waals surface area contributed by atoms with E-state index in [0.29, 0.717) is 6.61 Å². The van der Waals surface area contributed by atoms with Gasteiger partial charge in [-0.2, -0.15) is 0 Å². The Balaban J connectivity index is 1.61. The molecule has 0 N–H and O–H groups in total. The van der Waals surface area contributed by atoms with Crippen LogP contribution in [-0.4, -0.2) is 51.4 Å². The van der Waals surface area contributed by atoms with Gasteiger partial charge in [0.25, 0.3) is 5.91 Å². The van der Waals surface area contributed by atoms with Gasteiger partial charge >= 0.3 is 0 Å². The number of hydrogen-bond acceptors (Lipinski definition) is 4. The quantitative estimate of drug-likeness (QED) is 0.858. The molecule has 6 heteroatoms. The van der Waals surface area contributed by atoms with Crippen LogP contribution in [-0.2, 0) is 24.1 Å². The summed E-state index contributed by atoms with van der Waals surface area (Å²) in [5.41, 5.74) is 0.770. The van der Waals surface area contributed by atoms with Crippen molar-refractivity contribution in [2.75, 3.05) is 13.7 Å². The molecule has 2 aliphatic rings. The van der Waals surface area contributed by atoms with Crippen molar-refractivity contribution in [3.8, 4) is 0 Å². The van der Waals surface area contributed by atoms with E-state index in [-0.39, 0.29) is 18.0 Å². The molecule has 2 bridgehead atoms. The van der Waals surface area contributed by atoms with Crippen molar-refractivity contribution in [1.29, 1.82) is 0 Å². The number of carbonyl (C=O) groups is 1. The minimum absolute atomic E-state index is 0.139. The molecule has 0 radical (unpaired) electrons. The van der Waals surface area contributed by atoms with Gasteiger partial charge in [-0.05, 0) is 25.0 Å². The van der Waals surface area contributed by atoms with Crippen LogP contribution in [0.15, 0.2) is 30.3 Å². The van der Waals surface area contributed by atoms with Crippen LogP contribution in [0.3, 0.4) is 0 Å². The van der Waals surface area contributed by atoms with E-state index in [1.165, 1.54) is 0 Å². The van der Waals surface area contributed by atoms with E-state index in [1.54, 1.807) is 7.11 Å². The van der Waals surface area contributed by atoms with Crippen molar-refractivity contribution in [3.63, 3.8) is 0 Å². The summed E-state index contributed by atoms with van der Waals surface area (Å²) in [6, 6.07) is 10.0. The molecule has 2 atom stereocenters. The third-order valence-electron chi connectivity index (χ3n) is 5.12. The molecule has 3 heterocycles. The first-order valence-corrected chi connectivity index (χ1v) is 8.55. The fraction of sp³-hybridized carbons (Fsp3) is 0.500. The maximum Gasteiger partial charge on any atom is 0.254 e. The molecule has 1 amide bonds. The van der Waals surface area contributed by atoms with Gasteiger partial charge in [-0.1, -0.05) is 18.2 Å². The van der Waals surface area contributed by atoms with Gasteiger partial charge in [0, 0.05) is 38.1 Å². The Labute approximate surface area is 141 Å². The van der Waals surface area contributed by atoms with Gasteiger partial charge in [0.1, 0.15) is 11.6 Å². The SMILES string of the molecule is COCCc1nnc2n1C[C@H]1CC[C@@H](C2)N1C(=O)c1ccccc1. The summed E-state index contributed by atoms with van der Waals surface area (Å²) < 4.78 is 7.37. The first-order chi connectivity index (χ1) is 11.8. The topological polar surface area (TPSA) is 60.3 Å². The van der Waals surface area contributed by atoms with Crippen LogP contribution < -0.4 is 0 Å². The number of rotatable bonds is 4. The fourth-order valence-corrected chi connectivity index (χ4v) is 3.94. The van der Waals surface area contributed by atoms with E-state index in [0.717, 1.165) is 49.4 Å². The van der Waals surface area contributed by atoms with Gasteiger partial charge in [0.05, 0.1) is 12.6 Å². The maximum absolute atomic E-state index is 13.0. The minimum Gasteiger partial charge on any atom is -0.384 e. The number of methoxy groups -OCH3 is 1. The van der Waals surface area contributed by atoms with Crippen molar-refractivity contribution < 1.29 is 9.53 Å². The van der Waals surface area contributed by atoms with Crippen LogP contribution in [0.1, 0.15) is 34.8 Å². The summed E-state index contributed by atoms with van der Waals surface area (Å²) in [7, 11) is 1.70. The minimum atomic E-state index is 0.139. The van der Waals surface area contributed by atoms with Gasteiger partial charge in [0.15, 0.2) is 0 Å². The molecule has 0 spiro atoms. The molecule has 0 saturated carbocycles. The molecule has 1 saturated heterocycles. The highest BCUT2D eigenvalue weighted by Gasteiger charge is 2.41. The van der Waals surface area contributed by atoms with E-state index in [4.69, 9.17) is 4.74 Å². The number of fused-ring (bicyclic) bond motifs is 3. The Morgan fingerprint density at radius 3 is 2.79 bits per heavy atom. The molecular weight excluding hydrogens is 304 g/mol. The van der Waals surface area contributed by atoms with Crippen LogP contribution in [0.25, 0.3) is 0 Å². The third-order valence-corrected chi connectivity index (χ3v) is 5.12. The highest BCUT2D eigenvalue weighted by molar-refractivity contribution is 5.94. The third kappa shape index (κ3) is 2.60. The second-order valence-corrected chi connectivity index (χ2v) is 6.55. The zero-order chi connectivity index (χ0) is 16.5. The first kappa shape index (κ1) is 15.3. The number of hydrogen-bond donors (Lipinski definition) is 0. The number of aromatic nitrogens is 3. The number of ether oxygens (including phenoxy) is 1. The van der Waals surface area contributed by atoms with Crippen molar-refractivity contribution in [3.05, 3.63) is 47.5 Å². The Kier molecular flexibility index (Phi) is 4.06. The van der Waals surface area contributed by atoms with Crippen LogP contribution in [0.2, 0.25) is 0 Å². The van der Waals surface area contributed by atoms with Crippen molar-refractivity contribution in [2.24, 2.45) is 0 Å². The molecule has 24 heavy (non-hydrogen) atoms. The predicted molar refractivity (Wildman–Crippen MR) is 88.7 cm³/mol. The summed E-state index contributed by atoms with van der Waals surface area (Å²) in [4.78, 5) is 15.1. The lowest BCUT2D eigenvalue weighted by atomic mass is 10.1. The van der Waals surface area contributed by atoms with Gasteiger partial charge in [-0.3, -0.25) is 4.79 Å². The van der Waals surface area contributed by atoms with Crippen LogP contribution in [0.5, 0.6) is 0 Å². The van der Waals surface area contributed by atoms with E-state index in [1.807, 2.05) is 30.3 Å². The second-order valence-electron chi connectivity index (χ2n) is 6.55. The Morgan fingerprint density at radius 1 is 1.21 bits per heavy atom. The lowest BCUT2D eigenvalue weighted by Crippen LogP contribution is -2.42. The number of nitrogens with zero attached hydrogens (tertiary/aromatic N) is 4. The summed E-state index contributed by atoms with van der Waals surface area (Å²) in [6.07, 6.45) is 3.64. The molecule has 0 unspecified atom stereocenters. The summed E-state index contributed by atoms with van der Waals surface area (Å²) >= 11 is 0. The summed E-state index contributed by atoms with van der Waals surface area (Å²) in [6.45, 7) is 1.43. The number of carbonyl (C=O) groups excluding carboxylic acids is 1. The van der Waals surface area contributed by atoms with Crippen LogP contribution in [0, 0.1) is 0 Å². The van der Waals surface area contributed by atoms with E-state index in [2.05, 4.69) is 19.7 Å². The monoisotopic (exact) mass is 326 g/mol. The van der Waals surface area contributed by atoms with E-state index in [9.17, 15) is 4.79 Å². The molecule has 6 nitrogen and oxygen atoms in total. The Morgan fingerprint density at radius 2 is 2.00 bits per heavy atom. The average Bonchev–Trinajstić information content (AvgIpc) is 3.12. The molecule has 1 aromatic carbocycles. The standard InChI is InChI=1S/C18H22N4O2/c1-24-10-9-16-19-20-17-11-14-7-8-15(12-21(16)17)22(14)18(23)13-5-3-2-4-6-13/h2-6,14-15H,7-12H2,1H3/t14-,15+/m0/s1. The molecule has 1 aromatic heterocycles. The normalized spacial score (nSPS) is 22.3. The zero-order valence-electron chi connectivity index (χ0n) is 13.9. The van der Waals surface area contributed by atoms with Crippen molar-refractivity contribution >= 4 is 5.91 Å². The molecule has 0 aliphatic carbocycles. The maximum atomic E-state index is 13.0.